The van der Waals surface area contributed by atoms with Gasteiger partial charge in [-0.3, -0.25) is 14.6 Å². The first kappa shape index (κ1) is 24.1. The molecule has 1 unspecified atom stereocenters. The highest BCUT2D eigenvalue weighted by molar-refractivity contribution is 6.46. The number of ether oxygens (including phenoxy) is 1. The van der Waals surface area contributed by atoms with Crippen LogP contribution in [0.15, 0.2) is 95.2 Å². The second-order valence-corrected chi connectivity index (χ2v) is 9.03. The van der Waals surface area contributed by atoms with Crippen LogP contribution < -0.4 is 4.74 Å². The molecule has 1 N–H and O–H groups in total. The molecule has 0 radical (unpaired) electrons. The Kier molecular flexibility index (Phi) is 6.60. The number of carbonyl (C=O) groups is 2. The Morgan fingerprint density at radius 1 is 0.973 bits per heavy atom. The third-order valence-corrected chi connectivity index (χ3v) is 6.29. The molecule has 0 aliphatic carbocycles. The van der Waals surface area contributed by atoms with Crippen LogP contribution >= 0.6 is 0 Å². The molecule has 0 spiro atoms. The second kappa shape index (κ2) is 10.1. The molecule has 4 aromatic rings. The van der Waals surface area contributed by atoms with Crippen molar-refractivity contribution in [3.63, 3.8) is 0 Å². The largest absolute Gasteiger partial charge is 0.507 e. The van der Waals surface area contributed by atoms with E-state index < -0.39 is 17.7 Å². The van der Waals surface area contributed by atoms with Crippen LogP contribution in [0.25, 0.3) is 5.76 Å². The first-order valence-electron chi connectivity index (χ1n) is 11.9. The van der Waals surface area contributed by atoms with Crippen molar-refractivity contribution in [3.8, 4) is 5.75 Å². The molecular formula is C30H26N2O5. The summed E-state index contributed by atoms with van der Waals surface area (Å²) in [5.74, 6) is -0.0554. The van der Waals surface area contributed by atoms with E-state index in [0.29, 0.717) is 29.4 Å². The van der Waals surface area contributed by atoms with Crippen LogP contribution in [0.2, 0.25) is 0 Å². The predicted molar refractivity (Wildman–Crippen MR) is 137 cm³/mol. The summed E-state index contributed by atoms with van der Waals surface area (Å²) < 4.78 is 11.7. The molecule has 5 rings (SSSR count). The Hall–Kier alpha value is -4.65. The average Bonchev–Trinajstić information content (AvgIpc) is 3.44. The van der Waals surface area contributed by atoms with E-state index in [1.54, 1.807) is 67.8 Å². The number of aliphatic hydroxyl groups is 1. The molecule has 37 heavy (non-hydrogen) atoms. The van der Waals surface area contributed by atoms with Gasteiger partial charge >= 0.3 is 0 Å². The van der Waals surface area contributed by atoms with Gasteiger partial charge in [0.2, 0.25) is 0 Å². The van der Waals surface area contributed by atoms with Crippen molar-refractivity contribution in [2.75, 3.05) is 0 Å². The summed E-state index contributed by atoms with van der Waals surface area (Å²) in [6.45, 7) is 4.39. The normalized spacial score (nSPS) is 16.8. The van der Waals surface area contributed by atoms with Crippen molar-refractivity contribution >= 4 is 17.4 Å². The molecule has 3 heterocycles. The van der Waals surface area contributed by atoms with Gasteiger partial charge in [0.05, 0.1) is 5.57 Å². The Morgan fingerprint density at radius 3 is 2.41 bits per heavy atom. The van der Waals surface area contributed by atoms with Crippen molar-refractivity contribution in [1.29, 1.82) is 0 Å². The molecule has 2 aromatic heterocycles. The molecule has 1 amide bonds. The molecule has 1 saturated heterocycles. The predicted octanol–water partition coefficient (Wildman–Crippen LogP) is 5.49. The number of amides is 1. The fraction of sp³-hybridized carbons (Fsp3) is 0.167. The number of pyridine rings is 1. The van der Waals surface area contributed by atoms with Gasteiger partial charge < -0.3 is 19.2 Å². The number of Topliss-reactive ketones (excluding diaryl/α,β-unsaturated/α-hetero) is 1. The van der Waals surface area contributed by atoms with E-state index in [2.05, 4.69) is 11.1 Å². The van der Waals surface area contributed by atoms with Gasteiger partial charge in [0.1, 0.15) is 35.7 Å². The maximum absolute atomic E-state index is 13.2. The van der Waals surface area contributed by atoms with Crippen LogP contribution in [0.4, 0.5) is 0 Å². The quantitative estimate of drug-likeness (QED) is 0.207. The number of carbonyl (C=O) groups excluding carboxylic acids is 2. The molecule has 1 fully saturated rings. The Labute approximate surface area is 214 Å². The van der Waals surface area contributed by atoms with Crippen molar-refractivity contribution in [1.82, 2.24) is 9.88 Å². The summed E-state index contributed by atoms with van der Waals surface area (Å²) in [6.07, 6.45) is 3.25. The lowest BCUT2D eigenvalue weighted by atomic mass is 9.99. The van der Waals surface area contributed by atoms with Gasteiger partial charge in [-0.1, -0.05) is 29.8 Å². The SMILES string of the molecule is Cc1cccc(COc2ccc(C(O)=C3C(=O)C(=O)N(Cc4ccncc4)C3c3ccc(C)o3)cc2)c1. The smallest absolute Gasteiger partial charge is 0.296 e. The maximum atomic E-state index is 13.2. The van der Waals surface area contributed by atoms with E-state index in [4.69, 9.17) is 9.15 Å². The number of hydrogen-bond donors (Lipinski definition) is 1. The van der Waals surface area contributed by atoms with Crippen LogP contribution in [0.1, 0.15) is 39.8 Å². The van der Waals surface area contributed by atoms with Crippen molar-refractivity contribution in [2.24, 2.45) is 0 Å². The van der Waals surface area contributed by atoms with Crippen molar-refractivity contribution < 1.29 is 23.8 Å². The fourth-order valence-corrected chi connectivity index (χ4v) is 4.46. The zero-order valence-electron chi connectivity index (χ0n) is 20.5. The first-order valence-corrected chi connectivity index (χ1v) is 11.9. The number of aliphatic hydroxyl groups excluding tert-OH is 1. The lowest BCUT2D eigenvalue weighted by Gasteiger charge is -2.23. The van der Waals surface area contributed by atoms with Crippen LogP contribution in [-0.2, 0) is 22.7 Å². The van der Waals surface area contributed by atoms with Gasteiger partial charge in [0.15, 0.2) is 0 Å². The number of rotatable bonds is 7. The highest BCUT2D eigenvalue weighted by atomic mass is 16.5. The minimum atomic E-state index is -0.862. The summed E-state index contributed by atoms with van der Waals surface area (Å²) in [6, 6.07) is 21.0. The minimum absolute atomic E-state index is 0.0122. The van der Waals surface area contributed by atoms with E-state index >= 15 is 0 Å². The number of furan rings is 1. The summed E-state index contributed by atoms with van der Waals surface area (Å²) >= 11 is 0. The Morgan fingerprint density at radius 2 is 1.73 bits per heavy atom. The van der Waals surface area contributed by atoms with Gasteiger partial charge in [-0.15, -0.1) is 0 Å². The summed E-state index contributed by atoms with van der Waals surface area (Å²) in [7, 11) is 0. The zero-order chi connectivity index (χ0) is 25.9. The van der Waals surface area contributed by atoms with Gasteiger partial charge in [0, 0.05) is 24.5 Å². The summed E-state index contributed by atoms with van der Waals surface area (Å²) in [5.41, 5.74) is 3.40. The van der Waals surface area contributed by atoms with Crippen LogP contribution in [0.5, 0.6) is 5.75 Å². The van der Waals surface area contributed by atoms with E-state index in [9.17, 15) is 14.7 Å². The zero-order valence-corrected chi connectivity index (χ0v) is 20.5. The number of benzene rings is 2. The number of likely N-dealkylation sites (tertiary alicyclic amines) is 1. The molecule has 1 aliphatic rings. The molecule has 186 valence electrons. The molecular weight excluding hydrogens is 468 g/mol. The Bertz CT molecular complexity index is 1470. The van der Waals surface area contributed by atoms with Crippen molar-refractivity contribution in [3.05, 3.63) is 125 Å². The maximum Gasteiger partial charge on any atom is 0.296 e. The fourth-order valence-electron chi connectivity index (χ4n) is 4.46. The lowest BCUT2D eigenvalue weighted by molar-refractivity contribution is -0.140. The third-order valence-electron chi connectivity index (χ3n) is 6.29. The Balaban J connectivity index is 1.45. The van der Waals surface area contributed by atoms with Crippen LogP contribution in [-0.4, -0.2) is 26.7 Å². The number of ketones is 1. The molecule has 1 atom stereocenters. The van der Waals surface area contributed by atoms with Gasteiger partial charge in [-0.25, -0.2) is 0 Å². The highest BCUT2D eigenvalue weighted by Gasteiger charge is 2.47. The minimum Gasteiger partial charge on any atom is -0.507 e. The average molecular weight is 495 g/mol. The topological polar surface area (TPSA) is 92.9 Å². The van der Waals surface area contributed by atoms with E-state index in [1.165, 1.54) is 4.90 Å². The molecule has 2 aromatic carbocycles. The number of hydrogen-bond acceptors (Lipinski definition) is 6. The van der Waals surface area contributed by atoms with Crippen LogP contribution in [0, 0.1) is 13.8 Å². The molecule has 0 saturated carbocycles. The molecule has 0 bridgehead atoms. The van der Waals surface area contributed by atoms with Gasteiger partial charge in [0.25, 0.3) is 11.7 Å². The number of aromatic nitrogens is 1. The third kappa shape index (κ3) is 5.02. The standard InChI is InChI=1S/C30H26N2O5/c1-19-4-3-5-22(16-19)18-36-24-9-7-23(8-10-24)28(33)26-27(25-11-6-20(2)37-25)32(30(35)29(26)34)17-21-12-14-31-15-13-21/h3-16,27,33H,17-18H2,1-2H3. The lowest BCUT2D eigenvalue weighted by Crippen LogP contribution is -2.29. The van der Waals surface area contributed by atoms with E-state index in [0.717, 1.165) is 16.7 Å². The number of nitrogens with zero attached hydrogens (tertiary/aromatic N) is 2. The highest BCUT2D eigenvalue weighted by Crippen LogP contribution is 2.41. The second-order valence-electron chi connectivity index (χ2n) is 9.03. The molecule has 1 aliphatic heterocycles. The monoisotopic (exact) mass is 494 g/mol. The van der Waals surface area contributed by atoms with E-state index in [-0.39, 0.29) is 17.9 Å². The summed E-state index contributed by atoms with van der Waals surface area (Å²) in [5, 5.41) is 11.2. The van der Waals surface area contributed by atoms with Gasteiger partial charge in [-0.05, 0) is 73.5 Å². The molecule has 7 heteroatoms. The molecule has 7 nitrogen and oxygen atoms in total. The van der Waals surface area contributed by atoms with E-state index in [1.807, 2.05) is 25.1 Å². The van der Waals surface area contributed by atoms with Gasteiger partial charge in [-0.2, -0.15) is 0 Å². The van der Waals surface area contributed by atoms with Crippen LogP contribution in [0.3, 0.4) is 0 Å². The van der Waals surface area contributed by atoms with Crippen molar-refractivity contribution in [2.45, 2.75) is 33.0 Å². The number of aryl methyl sites for hydroxylation is 2. The first-order chi connectivity index (χ1) is 17.9. The summed E-state index contributed by atoms with van der Waals surface area (Å²) in [4.78, 5) is 31.7.